The topological polar surface area (TPSA) is 106 Å². The summed E-state index contributed by atoms with van der Waals surface area (Å²) in [6, 6.07) is 15.4. The molecule has 0 unspecified atom stereocenters. The van der Waals surface area contributed by atoms with Gasteiger partial charge in [0.05, 0.1) is 22.0 Å². The summed E-state index contributed by atoms with van der Waals surface area (Å²) in [7, 11) is -3.76. The molecule has 5 aromatic rings. The Labute approximate surface area is 214 Å². The number of sulfonamides is 1. The predicted octanol–water partition coefficient (Wildman–Crippen LogP) is 5.62. The fraction of sp³-hybridized carbons (Fsp3) is 0.0870. The number of nitrogens with one attached hydrogen (secondary N) is 2. The first-order valence-electron chi connectivity index (χ1n) is 10.3. The van der Waals surface area contributed by atoms with Gasteiger partial charge in [0.2, 0.25) is 0 Å². The van der Waals surface area contributed by atoms with Crippen molar-refractivity contribution >= 4 is 71.2 Å². The van der Waals surface area contributed by atoms with Crippen LogP contribution in [0, 0.1) is 6.92 Å². The van der Waals surface area contributed by atoms with Gasteiger partial charge in [-0.1, -0.05) is 29.8 Å². The van der Waals surface area contributed by atoms with E-state index < -0.39 is 10.0 Å². The number of aromatic nitrogens is 3. The van der Waals surface area contributed by atoms with Crippen LogP contribution < -0.4 is 10.0 Å². The van der Waals surface area contributed by atoms with Gasteiger partial charge in [0, 0.05) is 27.7 Å². The predicted molar refractivity (Wildman–Crippen MR) is 140 cm³/mol. The number of hydrogen-bond acceptors (Lipinski definition) is 7. The molecule has 0 aliphatic carbocycles. The van der Waals surface area contributed by atoms with Gasteiger partial charge in [0.1, 0.15) is 4.83 Å². The van der Waals surface area contributed by atoms with E-state index in [1.807, 2.05) is 41.9 Å². The molecule has 8 nitrogen and oxygen atoms in total. The van der Waals surface area contributed by atoms with E-state index in [0.29, 0.717) is 22.1 Å². The van der Waals surface area contributed by atoms with Crippen LogP contribution in [0.1, 0.15) is 20.9 Å². The monoisotopic (exact) mass is 543 g/mol. The molecule has 35 heavy (non-hydrogen) atoms. The molecule has 5 rings (SSSR count). The van der Waals surface area contributed by atoms with Gasteiger partial charge < -0.3 is 5.32 Å². The molecule has 0 saturated heterocycles. The molecule has 178 valence electrons. The summed E-state index contributed by atoms with van der Waals surface area (Å²) in [5.74, 6) is -0.286. The molecule has 2 aromatic carbocycles. The Hall–Kier alpha value is -3.25. The first kappa shape index (κ1) is 23.5. The van der Waals surface area contributed by atoms with Crippen LogP contribution in [0.2, 0.25) is 5.02 Å². The standard InChI is InChI=1S/C23H18ClN5O3S3/c1-14-18-12-20(34-22(18)29(27-14)13-15-4-2-3-5-19(15)24)21(30)26-16-6-8-17(9-7-16)35(31,32)28-23-25-10-11-33-23/h2-12H,13H2,1H3,(H,25,28)(H,26,30). The number of fused-ring (bicyclic) bond motifs is 1. The zero-order valence-corrected chi connectivity index (χ0v) is 21.4. The van der Waals surface area contributed by atoms with Crippen molar-refractivity contribution in [2.75, 3.05) is 10.0 Å². The third-order valence-electron chi connectivity index (χ3n) is 5.19. The number of nitrogens with zero attached hydrogens (tertiary/aromatic N) is 3. The lowest BCUT2D eigenvalue weighted by atomic mass is 10.2. The van der Waals surface area contributed by atoms with E-state index in [-0.39, 0.29) is 15.9 Å². The van der Waals surface area contributed by atoms with Crippen molar-refractivity contribution in [2.24, 2.45) is 0 Å². The maximum absolute atomic E-state index is 12.9. The highest BCUT2D eigenvalue weighted by molar-refractivity contribution is 7.93. The van der Waals surface area contributed by atoms with Gasteiger partial charge in [0.25, 0.3) is 15.9 Å². The minimum absolute atomic E-state index is 0.0721. The fourth-order valence-electron chi connectivity index (χ4n) is 3.48. The number of carbonyl (C=O) groups excluding carboxylic acids is 1. The molecule has 3 aromatic heterocycles. The Morgan fingerprint density at radius 3 is 2.63 bits per heavy atom. The van der Waals surface area contributed by atoms with Crippen LogP contribution in [0.5, 0.6) is 0 Å². The second-order valence-corrected chi connectivity index (χ2v) is 11.6. The highest BCUT2D eigenvalue weighted by Gasteiger charge is 2.19. The van der Waals surface area contributed by atoms with E-state index in [0.717, 1.165) is 21.5 Å². The van der Waals surface area contributed by atoms with Crippen molar-refractivity contribution in [3.05, 3.63) is 87.3 Å². The van der Waals surface area contributed by atoms with Gasteiger partial charge >= 0.3 is 0 Å². The molecule has 2 N–H and O–H groups in total. The zero-order chi connectivity index (χ0) is 24.6. The van der Waals surface area contributed by atoms with Crippen molar-refractivity contribution < 1.29 is 13.2 Å². The van der Waals surface area contributed by atoms with E-state index in [1.165, 1.54) is 41.0 Å². The summed E-state index contributed by atoms with van der Waals surface area (Å²) in [6.45, 7) is 2.40. The number of halogens is 1. The summed E-state index contributed by atoms with van der Waals surface area (Å²) >= 11 is 8.84. The van der Waals surface area contributed by atoms with Gasteiger partial charge in [-0.2, -0.15) is 5.10 Å². The summed E-state index contributed by atoms with van der Waals surface area (Å²) < 4.78 is 29.3. The van der Waals surface area contributed by atoms with E-state index in [1.54, 1.807) is 17.5 Å². The molecule has 0 bridgehead atoms. The molecule has 0 radical (unpaired) electrons. The van der Waals surface area contributed by atoms with Crippen molar-refractivity contribution in [3.63, 3.8) is 0 Å². The minimum Gasteiger partial charge on any atom is -0.321 e. The molecule has 1 amide bonds. The molecule has 0 aliphatic rings. The SMILES string of the molecule is Cc1nn(Cc2ccccc2Cl)c2sc(C(=O)Nc3ccc(S(=O)(=O)Nc4nccs4)cc3)cc12. The van der Waals surface area contributed by atoms with E-state index in [4.69, 9.17) is 11.6 Å². The Morgan fingerprint density at radius 1 is 1.14 bits per heavy atom. The molecule has 0 atom stereocenters. The molecule has 3 heterocycles. The zero-order valence-electron chi connectivity index (χ0n) is 18.2. The van der Waals surface area contributed by atoms with Crippen LogP contribution in [0.15, 0.2) is 71.1 Å². The maximum atomic E-state index is 12.9. The summed E-state index contributed by atoms with van der Waals surface area (Å²) in [4.78, 5) is 18.3. The second-order valence-electron chi connectivity index (χ2n) is 7.59. The quantitative estimate of drug-likeness (QED) is 0.277. The summed E-state index contributed by atoms with van der Waals surface area (Å²) in [5, 5.41) is 11.0. The largest absolute Gasteiger partial charge is 0.321 e. The Bertz CT molecular complexity index is 1620. The number of benzene rings is 2. The molecule has 0 aliphatic heterocycles. The van der Waals surface area contributed by atoms with E-state index in [2.05, 4.69) is 20.1 Å². The number of hydrogen-bond donors (Lipinski definition) is 2. The summed E-state index contributed by atoms with van der Waals surface area (Å²) in [6.07, 6.45) is 1.52. The van der Waals surface area contributed by atoms with Crippen LogP contribution >= 0.6 is 34.3 Å². The van der Waals surface area contributed by atoms with Crippen LogP contribution in [-0.4, -0.2) is 29.1 Å². The molecule has 0 saturated carbocycles. The average Bonchev–Trinajstić information content (AvgIpc) is 3.55. The highest BCUT2D eigenvalue weighted by Crippen LogP contribution is 2.30. The average molecular weight is 544 g/mol. The van der Waals surface area contributed by atoms with Crippen LogP contribution in [0.25, 0.3) is 10.2 Å². The first-order chi connectivity index (χ1) is 16.8. The molecule has 12 heteroatoms. The second kappa shape index (κ2) is 9.42. The Morgan fingerprint density at radius 2 is 1.91 bits per heavy atom. The van der Waals surface area contributed by atoms with Gasteiger partial charge in [-0.3, -0.25) is 14.2 Å². The van der Waals surface area contributed by atoms with Crippen molar-refractivity contribution in [2.45, 2.75) is 18.4 Å². The highest BCUT2D eigenvalue weighted by atomic mass is 35.5. The number of aryl methyl sites for hydroxylation is 1. The van der Waals surface area contributed by atoms with Crippen molar-refractivity contribution in [1.29, 1.82) is 0 Å². The molecule has 0 spiro atoms. The van der Waals surface area contributed by atoms with Gasteiger partial charge in [-0.15, -0.1) is 22.7 Å². The molecular formula is C23H18ClN5O3S3. The van der Waals surface area contributed by atoms with Crippen LogP contribution in [0.3, 0.4) is 0 Å². The number of carbonyl (C=O) groups is 1. The smallest absolute Gasteiger partial charge is 0.265 e. The lowest BCUT2D eigenvalue weighted by molar-refractivity contribution is 0.103. The number of rotatable bonds is 7. The van der Waals surface area contributed by atoms with Gasteiger partial charge in [-0.25, -0.2) is 13.4 Å². The van der Waals surface area contributed by atoms with Crippen LogP contribution in [-0.2, 0) is 16.6 Å². The first-order valence-corrected chi connectivity index (χ1v) is 13.9. The summed E-state index contributed by atoms with van der Waals surface area (Å²) in [5.41, 5.74) is 2.25. The van der Waals surface area contributed by atoms with Crippen molar-refractivity contribution in [1.82, 2.24) is 14.8 Å². The number of anilines is 2. The molecular weight excluding hydrogens is 526 g/mol. The fourth-order valence-corrected chi connectivity index (χ4v) is 6.52. The van der Waals surface area contributed by atoms with Crippen molar-refractivity contribution in [3.8, 4) is 0 Å². The van der Waals surface area contributed by atoms with Gasteiger partial charge in [-0.05, 0) is 48.9 Å². The Kier molecular flexibility index (Phi) is 6.32. The third kappa shape index (κ3) is 4.94. The minimum atomic E-state index is -3.76. The normalized spacial score (nSPS) is 11.6. The number of thiazole rings is 1. The van der Waals surface area contributed by atoms with Crippen LogP contribution in [0.4, 0.5) is 10.8 Å². The molecule has 0 fully saturated rings. The Balaban J connectivity index is 1.33. The maximum Gasteiger partial charge on any atom is 0.265 e. The third-order valence-corrected chi connectivity index (χ3v) is 8.87. The number of amides is 1. The lowest BCUT2D eigenvalue weighted by Gasteiger charge is -2.07. The van der Waals surface area contributed by atoms with E-state index >= 15 is 0 Å². The number of thiophene rings is 1. The van der Waals surface area contributed by atoms with Gasteiger partial charge in [0.15, 0.2) is 5.13 Å². The van der Waals surface area contributed by atoms with E-state index in [9.17, 15) is 13.2 Å². The lowest BCUT2D eigenvalue weighted by Crippen LogP contribution is -2.13.